The van der Waals surface area contributed by atoms with E-state index in [1.165, 1.54) is 17.5 Å². The Labute approximate surface area is 99.9 Å². The quantitative estimate of drug-likeness (QED) is 0.862. The molecule has 3 rings (SSSR count). The molecule has 0 amide bonds. The molecule has 0 atom stereocenters. The maximum atomic E-state index is 4.27. The Morgan fingerprint density at radius 3 is 3.12 bits per heavy atom. The predicted molar refractivity (Wildman–Crippen MR) is 64.6 cm³/mol. The van der Waals surface area contributed by atoms with Gasteiger partial charge in [-0.3, -0.25) is 9.67 Å². The molecule has 2 heterocycles. The lowest BCUT2D eigenvalue weighted by atomic mass is 10.1. The van der Waals surface area contributed by atoms with Crippen molar-refractivity contribution in [2.24, 2.45) is 7.05 Å². The third-order valence-corrected chi connectivity index (χ3v) is 3.26. The Kier molecular flexibility index (Phi) is 2.51. The lowest BCUT2D eigenvalue weighted by Crippen LogP contribution is -2.08. The number of aryl methyl sites for hydroxylation is 2. The van der Waals surface area contributed by atoms with Crippen molar-refractivity contribution >= 4 is 5.69 Å². The molecule has 5 heteroatoms. The van der Waals surface area contributed by atoms with Gasteiger partial charge in [-0.05, 0) is 30.4 Å². The maximum absolute atomic E-state index is 4.27. The van der Waals surface area contributed by atoms with Gasteiger partial charge in [-0.25, -0.2) is 4.98 Å². The minimum absolute atomic E-state index is 0.689. The Hall–Kier alpha value is -1.91. The van der Waals surface area contributed by atoms with Crippen LogP contribution in [0.4, 0.5) is 5.69 Å². The summed E-state index contributed by atoms with van der Waals surface area (Å²) in [5.41, 5.74) is 3.94. The number of fused-ring (bicyclic) bond motifs is 1. The van der Waals surface area contributed by atoms with Gasteiger partial charge in [0.25, 0.3) is 0 Å². The molecule has 2 aromatic heterocycles. The van der Waals surface area contributed by atoms with Crippen LogP contribution in [0.5, 0.6) is 0 Å². The third-order valence-electron chi connectivity index (χ3n) is 3.26. The zero-order valence-corrected chi connectivity index (χ0v) is 9.85. The van der Waals surface area contributed by atoms with Crippen molar-refractivity contribution < 1.29 is 0 Å². The molecular formula is C12H15N5. The Morgan fingerprint density at radius 1 is 1.35 bits per heavy atom. The van der Waals surface area contributed by atoms with Crippen molar-refractivity contribution in [3.63, 3.8) is 0 Å². The average Bonchev–Trinajstić information content (AvgIpc) is 2.95. The van der Waals surface area contributed by atoms with Crippen LogP contribution in [-0.4, -0.2) is 19.7 Å². The number of hydrogen-bond donors (Lipinski definition) is 1. The maximum Gasteiger partial charge on any atom is 0.145 e. The summed E-state index contributed by atoms with van der Waals surface area (Å²) >= 11 is 0. The second-order valence-corrected chi connectivity index (χ2v) is 4.33. The zero-order chi connectivity index (χ0) is 11.7. The van der Waals surface area contributed by atoms with E-state index in [4.69, 9.17) is 0 Å². The van der Waals surface area contributed by atoms with Crippen molar-refractivity contribution in [3.05, 3.63) is 35.7 Å². The molecule has 0 radical (unpaired) electrons. The van der Waals surface area contributed by atoms with Gasteiger partial charge in [-0.15, -0.1) is 0 Å². The van der Waals surface area contributed by atoms with E-state index < -0.39 is 0 Å². The third kappa shape index (κ3) is 1.88. The summed E-state index contributed by atoms with van der Waals surface area (Å²) in [6, 6.07) is 0. The van der Waals surface area contributed by atoms with Crippen LogP contribution in [0.15, 0.2) is 18.7 Å². The first-order valence-corrected chi connectivity index (χ1v) is 5.87. The van der Waals surface area contributed by atoms with Crippen LogP contribution in [0.1, 0.15) is 23.4 Å². The fourth-order valence-electron chi connectivity index (χ4n) is 2.30. The Morgan fingerprint density at radius 2 is 2.29 bits per heavy atom. The predicted octanol–water partition coefficient (Wildman–Crippen LogP) is 1.31. The molecule has 17 heavy (non-hydrogen) atoms. The Bertz CT molecular complexity index is 531. The Balaban J connectivity index is 1.78. The van der Waals surface area contributed by atoms with Crippen LogP contribution < -0.4 is 5.32 Å². The van der Waals surface area contributed by atoms with Crippen molar-refractivity contribution in [3.8, 4) is 0 Å². The number of nitrogens with zero attached hydrogens (tertiary/aromatic N) is 4. The molecule has 5 nitrogen and oxygen atoms in total. The van der Waals surface area contributed by atoms with E-state index in [1.54, 1.807) is 11.0 Å². The molecule has 2 aromatic rings. The first kappa shape index (κ1) is 10.3. The lowest BCUT2D eigenvalue weighted by molar-refractivity contribution is 0.711. The van der Waals surface area contributed by atoms with E-state index in [9.17, 15) is 0 Å². The number of nitrogens with one attached hydrogen (secondary N) is 1. The molecule has 0 saturated heterocycles. The van der Waals surface area contributed by atoms with Crippen molar-refractivity contribution in [2.45, 2.75) is 25.8 Å². The van der Waals surface area contributed by atoms with Gasteiger partial charge in [0.1, 0.15) is 12.2 Å². The van der Waals surface area contributed by atoms with Gasteiger partial charge < -0.3 is 5.32 Å². The monoisotopic (exact) mass is 229 g/mol. The zero-order valence-electron chi connectivity index (χ0n) is 9.85. The second kappa shape index (κ2) is 4.16. The van der Waals surface area contributed by atoms with Crippen LogP contribution in [0.2, 0.25) is 0 Å². The minimum Gasteiger partial charge on any atom is -0.376 e. The highest BCUT2D eigenvalue weighted by Crippen LogP contribution is 2.27. The summed E-state index contributed by atoms with van der Waals surface area (Å²) in [5, 5.41) is 7.45. The summed E-state index contributed by atoms with van der Waals surface area (Å²) in [4.78, 5) is 8.47. The van der Waals surface area contributed by atoms with Crippen LogP contribution in [0.25, 0.3) is 0 Å². The molecule has 1 aliphatic rings. The smallest absolute Gasteiger partial charge is 0.145 e. The van der Waals surface area contributed by atoms with E-state index in [-0.39, 0.29) is 0 Å². The second-order valence-electron chi connectivity index (χ2n) is 4.33. The van der Waals surface area contributed by atoms with Gasteiger partial charge in [-0.1, -0.05) is 0 Å². The van der Waals surface area contributed by atoms with Gasteiger partial charge >= 0.3 is 0 Å². The molecule has 88 valence electrons. The summed E-state index contributed by atoms with van der Waals surface area (Å²) in [5.74, 6) is 0.931. The van der Waals surface area contributed by atoms with Crippen LogP contribution in [0.3, 0.4) is 0 Å². The molecule has 1 N–H and O–H groups in total. The fraction of sp³-hybridized carbons (Fsp3) is 0.417. The number of pyridine rings is 1. The number of anilines is 1. The molecular weight excluding hydrogens is 214 g/mol. The summed E-state index contributed by atoms with van der Waals surface area (Å²) in [6.07, 6.45) is 9.00. The van der Waals surface area contributed by atoms with Crippen molar-refractivity contribution in [1.29, 1.82) is 0 Å². The van der Waals surface area contributed by atoms with Crippen molar-refractivity contribution in [1.82, 2.24) is 19.7 Å². The normalized spacial score (nSPS) is 13.7. The molecule has 0 spiro atoms. The van der Waals surface area contributed by atoms with Gasteiger partial charge in [0, 0.05) is 13.2 Å². The topological polar surface area (TPSA) is 55.6 Å². The molecule has 0 aliphatic heterocycles. The van der Waals surface area contributed by atoms with Gasteiger partial charge in [0.15, 0.2) is 0 Å². The van der Waals surface area contributed by atoms with E-state index in [1.807, 2.05) is 19.4 Å². The minimum atomic E-state index is 0.689. The SMILES string of the molecule is Cn1ncnc1CNc1cncc2c1CCC2. The van der Waals surface area contributed by atoms with Crippen molar-refractivity contribution in [2.75, 3.05) is 5.32 Å². The highest BCUT2D eigenvalue weighted by atomic mass is 15.3. The van der Waals surface area contributed by atoms with E-state index >= 15 is 0 Å². The average molecular weight is 229 g/mol. The number of rotatable bonds is 3. The van der Waals surface area contributed by atoms with E-state index in [0.29, 0.717) is 6.54 Å². The number of aromatic nitrogens is 4. The standard InChI is InChI=1S/C12H15N5/c1-17-12(15-8-16-17)7-14-11-6-13-5-9-3-2-4-10(9)11/h5-6,8,14H,2-4,7H2,1H3. The van der Waals surface area contributed by atoms with E-state index in [2.05, 4.69) is 20.4 Å². The first-order chi connectivity index (χ1) is 8.34. The number of hydrogen-bond acceptors (Lipinski definition) is 4. The van der Waals surface area contributed by atoms with Gasteiger partial charge in [0.2, 0.25) is 0 Å². The molecule has 0 aromatic carbocycles. The van der Waals surface area contributed by atoms with Crippen LogP contribution >= 0.6 is 0 Å². The van der Waals surface area contributed by atoms with Crippen LogP contribution in [0, 0.1) is 0 Å². The first-order valence-electron chi connectivity index (χ1n) is 5.87. The molecule has 0 saturated carbocycles. The highest BCUT2D eigenvalue weighted by Gasteiger charge is 2.15. The summed E-state index contributed by atoms with van der Waals surface area (Å²) in [6.45, 7) is 0.689. The van der Waals surface area contributed by atoms with Gasteiger partial charge in [-0.2, -0.15) is 5.10 Å². The fourth-order valence-corrected chi connectivity index (χ4v) is 2.30. The lowest BCUT2D eigenvalue weighted by Gasteiger charge is -2.10. The van der Waals surface area contributed by atoms with E-state index in [0.717, 1.165) is 24.4 Å². The molecule has 0 fully saturated rings. The molecule has 1 aliphatic carbocycles. The summed E-state index contributed by atoms with van der Waals surface area (Å²) in [7, 11) is 1.90. The van der Waals surface area contributed by atoms with Gasteiger partial charge in [0.05, 0.1) is 18.4 Å². The van der Waals surface area contributed by atoms with Crippen LogP contribution in [-0.2, 0) is 26.4 Å². The summed E-state index contributed by atoms with van der Waals surface area (Å²) < 4.78 is 1.78. The molecule has 0 unspecified atom stereocenters. The highest BCUT2D eigenvalue weighted by molar-refractivity contribution is 5.54. The largest absolute Gasteiger partial charge is 0.376 e. The molecule has 0 bridgehead atoms.